The molecule has 1 aromatic carbocycles. The summed E-state index contributed by atoms with van der Waals surface area (Å²) in [6.45, 7) is 10.8. The van der Waals surface area contributed by atoms with Crippen molar-refractivity contribution in [3.05, 3.63) is 41.2 Å². The van der Waals surface area contributed by atoms with Crippen LogP contribution in [0.4, 0.5) is 0 Å². The Hall–Kier alpha value is -1.56. The molecule has 2 heterocycles. The molecule has 0 radical (unpaired) electrons. The van der Waals surface area contributed by atoms with Gasteiger partial charge in [-0.2, -0.15) is 5.10 Å². The maximum absolute atomic E-state index is 11.2. The fourth-order valence-corrected chi connectivity index (χ4v) is 4.32. The lowest BCUT2D eigenvalue weighted by Gasteiger charge is -2.44. The average molecular weight is 378 g/mol. The summed E-state index contributed by atoms with van der Waals surface area (Å²) in [5.74, 6) is 0.404. The minimum atomic E-state index is -0.622. The number of hydrogen-bond acceptors (Lipinski definition) is 4. The molecular weight excluding hydrogens is 350 g/mol. The Morgan fingerprint density at radius 2 is 2.15 bits per heavy atom. The number of nitrogens with one attached hydrogen (secondary N) is 1. The van der Waals surface area contributed by atoms with E-state index >= 15 is 0 Å². The number of rotatable bonds is 6. The molecule has 6 heteroatoms. The largest absolute Gasteiger partial charge is 0.388 e. The van der Waals surface area contributed by atoms with Crippen molar-refractivity contribution in [3.8, 4) is 0 Å². The third-order valence-electron chi connectivity index (χ3n) is 5.85. The van der Waals surface area contributed by atoms with Crippen LogP contribution in [0.2, 0.25) is 5.02 Å². The second kappa shape index (κ2) is 7.59. The van der Waals surface area contributed by atoms with Crippen LogP contribution in [0.1, 0.15) is 38.4 Å². The van der Waals surface area contributed by atoms with Crippen molar-refractivity contribution in [1.82, 2.24) is 15.1 Å². The van der Waals surface area contributed by atoms with Gasteiger partial charge in [0.1, 0.15) is 0 Å². The van der Waals surface area contributed by atoms with Crippen molar-refractivity contribution in [1.29, 1.82) is 0 Å². The zero-order valence-electron chi connectivity index (χ0n) is 15.8. The Morgan fingerprint density at radius 3 is 2.81 bits per heavy atom. The van der Waals surface area contributed by atoms with Gasteiger partial charge in [-0.1, -0.05) is 32.0 Å². The van der Waals surface area contributed by atoms with E-state index in [4.69, 9.17) is 16.3 Å². The minimum absolute atomic E-state index is 0.280. The van der Waals surface area contributed by atoms with Gasteiger partial charge in [0.2, 0.25) is 0 Å². The molecule has 0 unspecified atom stereocenters. The third kappa shape index (κ3) is 3.61. The van der Waals surface area contributed by atoms with Crippen LogP contribution in [0.25, 0.3) is 10.9 Å². The number of aromatic nitrogens is 2. The van der Waals surface area contributed by atoms with Crippen molar-refractivity contribution in [2.24, 2.45) is 11.3 Å². The first kappa shape index (κ1) is 19.2. The lowest BCUT2D eigenvalue weighted by atomic mass is 9.68. The molecule has 2 N–H and O–H groups in total. The zero-order valence-corrected chi connectivity index (χ0v) is 16.5. The Labute approximate surface area is 160 Å². The number of piperidine rings is 1. The Morgan fingerprint density at radius 1 is 1.46 bits per heavy atom. The van der Waals surface area contributed by atoms with Crippen LogP contribution in [-0.2, 0) is 4.74 Å². The number of fused-ring (bicyclic) bond motifs is 1. The van der Waals surface area contributed by atoms with Gasteiger partial charge in [-0.15, -0.1) is 0 Å². The van der Waals surface area contributed by atoms with E-state index in [2.05, 4.69) is 35.5 Å². The Bertz CT molecular complexity index is 778. The van der Waals surface area contributed by atoms with Crippen molar-refractivity contribution < 1.29 is 9.84 Å². The maximum atomic E-state index is 11.2. The molecule has 3 rings (SSSR count). The number of H-pyrrole nitrogens is 1. The Kier molecular flexibility index (Phi) is 5.61. The van der Waals surface area contributed by atoms with Crippen LogP contribution in [0, 0.1) is 11.3 Å². The lowest BCUT2D eigenvalue weighted by Crippen LogP contribution is -2.41. The highest BCUT2D eigenvalue weighted by molar-refractivity contribution is 6.31. The first-order valence-electron chi connectivity index (χ1n) is 9.06. The number of benzene rings is 1. The number of nitrogens with zero attached hydrogens (tertiary/aromatic N) is 2. The summed E-state index contributed by atoms with van der Waals surface area (Å²) in [6.07, 6.45) is 3.14. The van der Waals surface area contributed by atoms with E-state index in [9.17, 15) is 5.11 Å². The minimum Gasteiger partial charge on any atom is -0.388 e. The summed E-state index contributed by atoms with van der Waals surface area (Å²) in [4.78, 5) is 2.29. The lowest BCUT2D eigenvalue weighted by molar-refractivity contribution is -0.0161. The molecule has 0 saturated carbocycles. The molecule has 26 heavy (non-hydrogen) atoms. The number of hydrogen-bond donors (Lipinski definition) is 2. The van der Waals surface area contributed by atoms with Crippen molar-refractivity contribution >= 4 is 22.5 Å². The van der Waals surface area contributed by atoms with Gasteiger partial charge in [-0.25, -0.2) is 0 Å². The van der Waals surface area contributed by atoms with Gasteiger partial charge in [0.25, 0.3) is 0 Å². The number of aliphatic hydroxyl groups excluding tert-OH is 1. The van der Waals surface area contributed by atoms with Crippen molar-refractivity contribution in [2.75, 3.05) is 26.8 Å². The van der Waals surface area contributed by atoms with Crippen LogP contribution >= 0.6 is 11.6 Å². The molecule has 0 amide bonds. The second-order valence-electron chi connectivity index (χ2n) is 7.81. The van der Waals surface area contributed by atoms with Crippen molar-refractivity contribution in [3.63, 3.8) is 0 Å². The predicted molar refractivity (Wildman–Crippen MR) is 105 cm³/mol. The molecule has 2 aromatic rings. The first-order chi connectivity index (χ1) is 12.3. The van der Waals surface area contributed by atoms with Crippen LogP contribution in [-0.4, -0.2) is 47.0 Å². The van der Waals surface area contributed by atoms with Crippen LogP contribution < -0.4 is 0 Å². The highest BCUT2D eigenvalue weighted by atomic mass is 35.5. The summed E-state index contributed by atoms with van der Waals surface area (Å²) in [5, 5.41) is 19.9. The van der Waals surface area contributed by atoms with Gasteiger partial charge in [-0.05, 0) is 36.3 Å². The number of aliphatic hydroxyl groups is 1. The smallest absolute Gasteiger partial charge is 0.0864 e. The number of ether oxygens (including phenoxy) is 1. The van der Waals surface area contributed by atoms with E-state index in [0.717, 1.165) is 48.1 Å². The van der Waals surface area contributed by atoms with E-state index in [-0.39, 0.29) is 5.41 Å². The molecule has 1 saturated heterocycles. The van der Waals surface area contributed by atoms with Gasteiger partial charge in [0, 0.05) is 41.9 Å². The van der Waals surface area contributed by atoms with Gasteiger partial charge in [-0.3, -0.25) is 5.10 Å². The monoisotopic (exact) mass is 377 g/mol. The average Bonchev–Trinajstić information content (AvgIpc) is 3.09. The number of aromatic amines is 1. The van der Waals surface area contributed by atoms with Gasteiger partial charge in [0.15, 0.2) is 0 Å². The highest BCUT2D eigenvalue weighted by Gasteiger charge is 2.39. The quantitative estimate of drug-likeness (QED) is 0.793. The molecule has 142 valence electrons. The van der Waals surface area contributed by atoms with Crippen LogP contribution in [0.5, 0.6) is 0 Å². The zero-order chi connectivity index (χ0) is 18.9. The molecule has 1 fully saturated rings. The second-order valence-corrected chi connectivity index (χ2v) is 8.25. The number of likely N-dealkylation sites (tertiary alicyclic amines) is 1. The van der Waals surface area contributed by atoms with Gasteiger partial charge in [0.05, 0.1) is 24.4 Å². The fourth-order valence-electron chi connectivity index (χ4n) is 4.08. The maximum Gasteiger partial charge on any atom is 0.0864 e. The molecular formula is C20H28ClN3O2. The summed E-state index contributed by atoms with van der Waals surface area (Å²) >= 11 is 6.26. The molecule has 5 nitrogen and oxygen atoms in total. The van der Waals surface area contributed by atoms with E-state index in [0.29, 0.717) is 17.5 Å². The number of halogens is 1. The van der Waals surface area contributed by atoms with E-state index in [1.165, 1.54) is 0 Å². The SMILES string of the molecule is C=C(COC)N1CCC(C(C)(C)[C@H](O)c2cc(Cl)cc3cn[nH]c23)CC1. The summed E-state index contributed by atoms with van der Waals surface area (Å²) in [7, 11) is 1.69. The first-order valence-corrected chi connectivity index (χ1v) is 9.44. The van der Waals surface area contributed by atoms with E-state index in [1.54, 1.807) is 13.3 Å². The fraction of sp³-hybridized carbons (Fsp3) is 0.550. The topological polar surface area (TPSA) is 61.4 Å². The third-order valence-corrected chi connectivity index (χ3v) is 6.07. The molecule has 1 atom stereocenters. The normalized spacial score (nSPS) is 17.7. The summed E-state index contributed by atoms with van der Waals surface area (Å²) in [5.41, 5.74) is 2.43. The number of methoxy groups -OCH3 is 1. The summed E-state index contributed by atoms with van der Waals surface area (Å²) in [6, 6.07) is 3.72. The highest BCUT2D eigenvalue weighted by Crippen LogP contribution is 2.46. The molecule has 1 aromatic heterocycles. The van der Waals surface area contributed by atoms with Gasteiger partial charge >= 0.3 is 0 Å². The van der Waals surface area contributed by atoms with Crippen LogP contribution in [0.3, 0.4) is 0 Å². The Balaban J connectivity index is 1.77. The molecule has 1 aliphatic rings. The molecule has 0 aliphatic carbocycles. The van der Waals surface area contributed by atoms with Crippen molar-refractivity contribution in [2.45, 2.75) is 32.8 Å². The molecule has 0 spiro atoms. The van der Waals surface area contributed by atoms with E-state index in [1.807, 2.05) is 12.1 Å². The van der Waals surface area contributed by atoms with Crippen LogP contribution in [0.15, 0.2) is 30.6 Å². The predicted octanol–water partition coefficient (Wildman–Crippen LogP) is 4.15. The molecule has 0 bridgehead atoms. The van der Waals surface area contributed by atoms with E-state index < -0.39 is 6.10 Å². The standard InChI is InChI=1S/C20H28ClN3O2/c1-13(12-26-4)24-7-5-15(6-8-24)20(2,3)19(25)17-10-16(21)9-14-11-22-23-18(14)17/h9-11,15,19,25H,1,5-8,12H2,2-4H3,(H,22,23)/t19-/m1/s1. The van der Waals surface area contributed by atoms with Gasteiger partial charge < -0.3 is 14.7 Å². The molecule has 1 aliphatic heterocycles. The summed E-state index contributed by atoms with van der Waals surface area (Å²) < 4.78 is 5.19.